The Morgan fingerprint density at radius 1 is 0.947 bits per heavy atom. The molecule has 0 radical (unpaired) electrons. The first-order valence-electron chi connectivity index (χ1n) is 13.0. The third-order valence-electron chi connectivity index (χ3n) is 7.83. The molecule has 0 amide bonds. The minimum absolute atomic E-state index is 0.0393. The number of hydrogen-bond acceptors (Lipinski definition) is 5. The Bertz CT molecular complexity index is 1360. The minimum Gasteiger partial charge on any atom is -0.497 e. The molecule has 2 heterocycles. The molecule has 0 saturated carbocycles. The van der Waals surface area contributed by atoms with Gasteiger partial charge in [0, 0.05) is 11.8 Å². The summed E-state index contributed by atoms with van der Waals surface area (Å²) in [4.78, 5) is 14.1. The maximum atomic E-state index is 14.1. The van der Waals surface area contributed by atoms with E-state index in [-0.39, 0.29) is 23.8 Å². The highest BCUT2D eigenvalue weighted by Gasteiger charge is 2.39. The smallest absolute Gasteiger partial charge is 0.169 e. The molecule has 1 aliphatic rings. The van der Waals surface area contributed by atoms with E-state index in [1.54, 1.807) is 20.4 Å². The van der Waals surface area contributed by atoms with Gasteiger partial charge in [-0.3, -0.25) is 4.79 Å². The van der Waals surface area contributed by atoms with Crippen molar-refractivity contribution in [2.45, 2.75) is 50.6 Å². The summed E-state index contributed by atoms with van der Waals surface area (Å²) in [6.07, 6.45) is 2.87. The van der Waals surface area contributed by atoms with Crippen LogP contribution >= 0.6 is 0 Å². The van der Waals surface area contributed by atoms with Crippen LogP contribution in [0.4, 0.5) is 5.82 Å². The van der Waals surface area contributed by atoms with Gasteiger partial charge in [0.1, 0.15) is 17.3 Å². The highest BCUT2D eigenvalue weighted by Crippen LogP contribution is 2.42. The summed E-state index contributed by atoms with van der Waals surface area (Å²) in [5, 5.41) is 8.32. The molecular formula is C32H35N3O3. The van der Waals surface area contributed by atoms with E-state index in [9.17, 15) is 4.79 Å². The first-order valence-corrected chi connectivity index (χ1v) is 13.0. The highest BCUT2D eigenvalue weighted by atomic mass is 16.5. The molecule has 1 aliphatic heterocycles. The van der Waals surface area contributed by atoms with E-state index < -0.39 is 5.41 Å². The Labute approximate surface area is 224 Å². The summed E-state index contributed by atoms with van der Waals surface area (Å²) in [6.45, 7) is 6.47. The number of carbonyl (C=O) groups is 1. The van der Waals surface area contributed by atoms with Crippen LogP contribution in [0.2, 0.25) is 0 Å². The van der Waals surface area contributed by atoms with Gasteiger partial charge in [0.05, 0.1) is 37.6 Å². The van der Waals surface area contributed by atoms with Crippen LogP contribution in [0, 0.1) is 0 Å². The topological polar surface area (TPSA) is 65.4 Å². The van der Waals surface area contributed by atoms with E-state index in [2.05, 4.69) is 55.5 Å². The summed E-state index contributed by atoms with van der Waals surface area (Å²) in [5.41, 5.74) is 3.07. The number of aromatic nitrogens is 2. The lowest BCUT2D eigenvalue weighted by molar-refractivity contribution is 0.0962. The number of ketones is 1. The van der Waals surface area contributed by atoms with Gasteiger partial charge in [0.2, 0.25) is 0 Å². The zero-order chi connectivity index (χ0) is 26.9. The van der Waals surface area contributed by atoms with Crippen molar-refractivity contribution in [3.8, 4) is 11.5 Å². The summed E-state index contributed by atoms with van der Waals surface area (Å²) in [6, 6.07) is 26.4. The lowest BCUT2D eigenvalue weighted by Crippen LogP contribution is -2.38. The first-order chi connectivity index (χ1) is 18.2. The van der Waals surface area contributed by atoms with E-state index in [4.69, 9.17) is 9.47 Å². The van der Waals surface area contributed by atoms with Crippen LogP contribution in [0.3, 0.4) is 0 Å². The fourth-order valence-corrected chi connectivity index (χ4v) is 5.54. The average molecular weight is 510 g/mol. The van der Waals surface area contributed by atoms with Crippen molar-refractivity contribution >= 4 is 11.6 Å². The second-order valence-corrected chi connectivity index (χ2v) is 10.8. The molecule has 3 aromatic carbocycles. The lowest BCUT2D eigenvalue weighted by atomic mass is 9.72. The molecule has 0 bridgehead atoms. The molecule has 38 heavy (non-hydrogen) atoms. The zero-order valence-corrected chi connectivity index (χ0v) is 22.7. The molecule has 6 heteroatoms. The van der Waals surface area contributed by atoms with Crippen LogP contribution in [-0.4, -0.2) is 29.8 Å². The number of methoxy groups -OCH3 is 2. The quantitative estimate of drug-likeness (QED) is 0.266. The van der Waals surface area contributed by atoms with Gasteiger partial charge < -0.3 is 14.8 Å². The van der Waals surface area contributed by atoms with Crippen molar-refractivity contribution in [1.82, 2.24) is 9.78 Å². The van der Waals surface area contributed by atoms with Gasteiger partial charge in [-0.05, 0) is 61.2 Å². The summed E-state index contributed by atoms with van der Waals surface area (Å²) >= 11 is 0. The number of ether oxygens (including phenoxy) is 2. The van der Waals surface area contributed by atoms with Crippen molar-refractivity contribution in [1.29, 1.82) is 0 Å². The number of nitrogens with zero attached hydrogens (tertiary/aromatic N) is 2. The summed E-state index contributed by atoms with van der Waals surface area (Å²) in [7, 11) is 3.31. The van der Waals surface area contributed by atoms with Crippen LogP contribution in [-0.2, 0) is 11.0 Å². The van der Waals surface area contributed by atoms with Gasteiger partial charge in [-0.25, -0.2) is 4.68 Å². The molecule has 1 unspecified atom stereocenters. The van der Waals surface area contributed by atoms with E-state index in [1.807, 2.05) is 59.3 Å². The highest BCUT2D eigenvalue weighted by molar-refractivity contribution is 6.01. The third kappa shape index (κ3) is 4.67. The Kier molecular flexibility index (Phi) is 6.74. The summed E-state index contributed by atoms with van der Waals surface area (Å²) < 4.78 is 12.7. The van der Waals surface area contributed by atoms with E-state index >= 15 is 0 Å². The van der Waals surface area contributed by atoms with Crippen LogP contribution in [0.1, 0.15) is 66.7 Å². The molecule has 0 saturated heterocycles. The Morgan fingerprint density at radius 3 is 2.03 bits per heavy atom. The molecule has 6 nitrogen and oxygen atoms in total. The predicted molar refractivity (Wildman–Crippen MR) is 150 cm³/mol. The fraction of sp³-hybridized carbons (Fsp3) is 0.312. The molecule has 196 valence electrons. The Morgan fingerprint density at radius 2 is 1.50 bits per heavy atom. The standard InChI is InChI=1S/C32H35N3O3/c1-31(2)19-28(22-9-7-6-8-10-22)34-30-27(21-33-35(30)31)29(36)20-32(3,23-11-15-25(37-4)16-12-23)24-13-17-26(38-5)18-14-24/h6-18,21,28,34H,19-20H2,1-5H3. The van der Waals surface area contributed by atoms with Crippen molar-refractivity contribution in [2.75, 3.05) is 19.5 Å². The number of carbonyl (C=O) groups excluding carboxylic acids is 1. The van der Waals surface area contributed by atoms with Crippen molar-refractivity contribution in [3.05, 3.63) is 107 Å². The second kappa shape index (κ2) is 10.0. The van der Waals surface area contributed by atoms with E-state index in [1.165, 1.54) is 5.56 Å². The third-order valence-corrected chi connectivity index (χ3v) is 7.83. The van der Waals surface area contributed by atoms with Crippen molar-refractivity contribution < 1.29 is 14.3 Å². The fourth-order valence-electron chi connectivity index (χ4n) is 5.54. The normalized spacial score (nSPS) is 16.3. The van der Waals surface area contributed by atoms with Gasteiger partial charge in [-0.15, -0.1) is 0 Å². The number of nitrogens with one attached hydrogen (secondary N) is 1. The van der Waals surface area contributed by atoms with Gasteiger partial charge in [-0.1, -0.05) is 61.5 Å². The molecule has 1 atom stereocenters. The number of rotatable bonds is 8. The van der Waals surface area contributed by atoms with Crippen LogP contribution in [0.25, 0.3) is 0 Å². The molecule has 0 spiro atoms. The van der Waals surface area contributed by atoms with Crippen LogP contribution in [0.5, 0.6) is 11.5 Å². The monoisotopic (exact) mass is 509 g/mol. The number of Topliss-reactive ketones (excluding diaryl/α,β-unsaturated/α-hetero) is 1. The molecular weight excluding hydrogens is 474 g/mol. The number of fused-ring (bicyclic) bond motifs is 1. The molecule has 1 N–H and O–H groups in total. The number of hydrogen-bond donors (Lipinski definition) is 1. The lowest BCUT2D eigenvalue weighted by Gasteiger charge is -2.38. The van der Waals surface area contributed by atoms with Crippen molar-refractivity contribution in [3.63, 3.8) is 0 Å². The largest absolute Gasteiger partial charge is 0.497 e. The van der Waals surface area contributed by atoms with E-state index in [0.29, 0.717) is 5.56 Å². The summed E-state index contributed by atoms with van der Waals surface area (Å²) in [5.74, 6) is 2.38. The SMILES string of the molecule is COc1ccc(C(C)(CC(=O)c2cnn3c2NC(c2ccccc2)CC3(C)C)c2ccc(OC)cc2)cc1. The van der Waals surface area contributed by atoms with Gasteiger partial charge in [-0.2, -0.15) is 5.10 Å². The van der Waals surface area contributed by atoms with Gasteiger partial charge in [0.25, 0.3) is 0 Å². The zero-order valence-electron chi connectivity index (χ0n) is 22.7. The maximum absolute atomic E-state index is 14.1. The first kappa shape index (κ1) is 25.6. The second-order valence-electron chi connectivity index (χ2n) is 10.8. The molecule has 0 aliphatic carbocycles. The molecule has 5 rings (SSSR count). The maximum Gasteiger partial charge on any atom is 0.169 e. The molecule has 4 aromatic rings. The van der Waals surface area contributed by atoms with Gasteiger partial charge >= 0.3 is 0 Å². The minimum atomic E-state index is -0.576. The number of anilines is 1. The Hall–Kier alpha value is -4.06. The van der Waals surface area contributed by atoms with Gasteiger partial charge in [0.15, 0.2) is 5.78 Å². The predicted octanol–water partition coefficient (Wildman–Crippen LogP) is 6.77. The van der Waals surface area contributed by atoms with Crippen LogP contribution < -0.4 is 14.8 Å². The molecule has 1 aromatic heterocycles. The van der Waals surface area contributed by atoms with Crippen molar-refractivity contribution in [2.24, 2.45) is 0 Å². The number of benzene rings is 3. The Balaban J connectivity index is 1.52. The van der Waals surface area contributed by atoms with Crippen LogP contribution in [0.15, 0.2) is 85.1 Å². The van der Waals surface area contributed by atoms with E-state index in [0.717, 1.165) is 34.9 Å². The molecule has 0 fully saturated rings. The average Bonchev–Trinajstić information content (AvgIpc) is 3.39.